The van der Waals surface area contributed by atoms with Crippen molar-refractivity contribution < 1.29 is 9.72 Å². The summed E-state index contributed by atoms with van der Waals surface area (Å²) in [7, 11) is 1.78. The first-order valence-electron chi connectivity index (χ1n) is 6.77. The molecule has 108 valence electrons. The fourth-order valence-corrected chi connectivity index (χ4v) is 2.43. The number of benzene rings is 1. The summed E-state index contributed by atoms with van der Waals surface area (Å²) in [5, 5.41) is 14.1. The summed E-state index contributed by atoms with van der Waals surface area (Å²) >= 11 is 0. The molecule has 1 saturated heterocycles. The molecule has 0 aliphatic carbocycles. The average molecular weight is 277 g/mol. The molecule has 1 heterocycles. The van der Waals surface area contributed by atoms with Crippen LogP contribution in [0.3, 0.4) is 0 Å². The van der Waals surface area contributed by atoms with E-state index in [-0.39, 0.29) is 18.0 Å². The molecule has 2 rings (SSSR count). The van der Waals surface area contributed by atoms with Gasteiger partial charge in [0, 0.05) is 31.8 Å². The van der Waals surface area contributed by atoms with Gasteiger partial charge in [-0.05, 0) is 24.9 Å². The Labute approximate surface area is 117 Å². The van der Waals surface area contributed by atoms with Crippen LogP contribution in [0.15, 0.2) is 24.3 Å². The van der Waals surface area contributed by atoms with Gasteiger partial charge in [-0.15, -0.1) is 0 Å². The Morgan fingerprint density at radius 2 is 2.35 bits per heavy atom. The summed E-state index contributed by atoms with van der Waals surface area (Å²) in [4.78, 5) is 24.1. The maximum absolute atomic E-state index is 12.1. The van der Waals surface area contributed by atoms with E-state index in [4.69, 9.17) is 0 Å². The zero-order valence-electron chi connectivity index (χ0n) is 11.5. The third-order valence-electron chi connectivity index (χ3n) is 3.56. The lowest BCUT2D eigenvalue weighted by molar-refractivity contribution is -0.384. The highest BCUT2D eigenvalue weighted by atomic mass is 16.6. The summed E-state index contributed by atoms with van der Waals surface area (Å²) in [5.41, 5.74) is 0.700. The second-order valence-corrected chi connectivity index (χ2v) is 5.17. The van der Waals surface area contributed by atoms with E-state index in [1.54, 1.807) is 24.1 Å². The first-order chi connectivity index (χ1) is 9.56. The van der Waals surface area contributed by atoms with Crippen molar-refractivity contribution in [1.29, 1.82) is 0 Å². The Morgan fingerprint density at radius 3 is 3.00 bits per heavy atom. The number of amides is 1. The topological polar surface area (TPSA) is 75.5 Å². The summed E-state index contributed by atoms with van der Waals surface area (Å²) in [6, 6.07) is 6.61. The molecule has 0 spiro atoms. The van der Waals surface area contributed by atoms with Gasteiger partial charge in [-0.3, -0.25) is 14.9 Å². The van der Waals surface area contributed by atoms with E-state index in [1.165, 1.54) is 12.1 Å². The molecule has 1 aromatic carbocycles. The van der Waals surface area contributed by atoms with Crippen LogP contribution in [0.5, 0.6) is 0 Å². The average Bonchev–Trinajstić information content (AvgIpc) is 2.91. The molecule has 1 aliphatic rings. The zero-order chi connectivity index (χ0) is 14.5. The maximum atomic E-state index is 12.1. The second-order valence-electron chi connectivity index (χ2n) is 5.17. The number of carbonyl (C=O) groups excluding carboxylic acids is 1. The minimum Gasteiger partial charge on any atom is -0.344 e. The van der Waals surface area contributed by atoms with Gasteiger partial charge in [-0.2, -0.15) is 0 Å². The highest BCUT2D eigenvalue weighted by Crippen LogP contribution is 2.14. The van der Waals surface area contributed by atoms with Crippen LogP contribution in [0.2, 0.25) is 0 Å². The molecular formula is C14H19N3O3. The number of nitro benzene ring substituents is 1. The van der Waals surface area contributed by atoms with Crippen LogP contribution in [-0.2, 0) is 11.2 Å². The molecule has 1 amide bonds. The van der Waals surface area contributed by atoms with E-state index < -0.39 is 4.92 Å². The fourth-order valence-electron chi connectivity index (χ4n) is 2.43. The molecule has 1 unspecified atom stereocenters. The van der Waals surface area contributed by atoms with Gasteiger partial charge in [-0.25, -0.2) is 0 Å². The molecule has 0 radical (unpaired) electrons. The molecule has 0 aromatic heterocycles. The molecular weight excluding hydrogens is 258 g/mol. The van der Waals surface area contributed by atoms with E-state index in [1.807, 2.05) is 0 Å². The minimum atomic E-state index is -0.444. The third-order valence-corrected chi connectivity index (χ3v) is 3.56. The number of carbonyl (C=O) groups is 1. The quantitative estimate of drug-likeness (QED) is 0.651. The summed E-state index contributed by atoms with van der Waals surface area (Å²) in [6.45, 7) is 1.70. The van der Waals surface area contributed by atoms with E-state index in [2.05, 4.69) is 5.32 Å². The number of hydrogen-bond acceptors (Lipinski definition) is 4. The highest BCUT2D eigenvalue weighted by Gasteiger charge is 2.19. The van der Waals surface area contributed by atoms with Crippen molar-refractivity contribution in [2.24, 2.45) is 0 Å². The zero-order valence-corrected chi connectivity index (χ0v) is 11.5. The first-order valence-corrected chi connectivity index (χ1v) is 6.77. The van der Waals surface area contributed by atoms with Crippen LogP contribution in [0.4, 0.5) is 5.69 Å². The van der Waals surface area contributed by atoms with E-state index in [9.17, 15) is 14.9 Å². The number of rotatable bonds is 5. The van der Waals surface area contributed by atoms with Gasteiger partial charge in [0.25, 0.3) is 5.69 Å². The van der Waals surface area contributed by atoms with Crippen molar-refractivity contribution in [3.63, 3.8) is 0 Å². The molecule has 20 heavy (non-hydrogen) atoms. The van der Waals surface area contributed by atoms with Crippen LogP contribution in [0.25, 0.3) is 0 Å². The minimum absolute atomic E-state index is 0.0146. The Morgan fingerprint density at radius 1 is 1.55 bits per heavy atom. The van der Waals surface area contributed by atoms with Crippen LogP contribution in [0.1, 0.15) is 18.4 Å². The van der Waals surface area contributed by atoms with E-state index >= 15 is 0 Å². The van der Waals surface area contributed by atoms with Crippen LogP contribution >= 0.6 is 0 Å². The maximum Gasteiger partial charge on any atom is 0.269 e. The SMILES string of the molecule is CN(CC1CCCN1)C(=O)Cc1cccc([N+](=O)[O-])c1. The molecule has 1 aromatic rings. The molecule has 1 aliphatic heterocycles. The first kappa shape index (κ1) is 14.5. The number of likely N-dealkylation sites (N-methyl/N-ethyl adjacent to an activating group) is 1. The van der Waals surface area contributed by atoms with Crippen molar-refractivity contribution in [3.8, 4) is 0 Å². The monoisotopic (exact) mass is 277 g/mol. The third kappa shape index (κ3) is 3.77. The van der Waals surface area contributed by atoms with Crippen molar-refractivity contribution in [2.45, 2.75) is 25.3 Å². The van der Waals surface area contributed by atoms with Crippen LogP contribution < -0.4 is 5.32 Å². The number of nitrogens with one attached hydrogen (secondary N) is 1. The molecule has 0 bridgehead atoms. The van der Waals surface area contributed by atoms with E-state index in [0.29, 0.717) is 18.2 Å². The van der Waals surface area contributed by atoms with Gasteiger partial charge >= 0.3 is 0 Å². The molecule has 6 heteroatoms. The smallest absolute Gasteiger partial charge is 0.269 e. The van der Waals surface area contributed by atoms with Gasteiger partial charge in [0.05, 0.1) is 11.3 Å². The van der Waals surface area contributed by atoms with Crippen LogP contribution in [-0.4, -0.2) is 41.9 Å². The lowest BCUT2D eigenvalue weighted by atomic mass is 10.1. The van der Waals surface area contributed by atoms with Gasteiger partial charge < -0.3 is 10.2 Å². The Kier molecular flexibility index (Phi) is 4.68. The summed E-state index contributed by atoms with van der Waals surface area (Å²) in [5.74, 6) is -0.0146. The summed E-state index contributed by atoms with van der Waals surface area (Å²) in [6.07, 6.45) is 2.44. The number of non-ortho nitro benzene ring substituents is 1. The van der Waals surface area contributed by atoms with Crippen LogP contribution in [0, 0.1) is 10.1 Å². The largest absolute Gasteiger partial charge is 0.344 e. The lowest BCUT2D eigenvalue weighted by Crippen LogP contribution is -2.39. The lowest BCUT2D eigenvalue weighted by Gasteiger charge is -2.21. The van der Waals surface area contributed by atoms with Gasteiger partial charge in [0.2, 0.25) is 5.91 Å². The molecule has 1 N–H and O–H groups in total. The van der Waals surface area contributed by atoms with Crippen molar-refractivity contribution in [2.75, 3.05) is 20.1 Å². The fraction of sp³-hybridized carbons (Fsp3) is 0.500. The number of hydrogen-bond donors (Lipinski definition) is 1. The summed E-state index contributed by atoms with van der Waals surface area (Å²) < 4.78 is 0. The molecule has 0 saturated carbocycles. The second kappa shape index (κ2) is 6.47. The van der Waals surface area contributed by atoms with Crippen molar-refractivity contribution in [3.05, 3.63) is 39.9 Å². The number of nitrogens with zero attached hydrogens (tertiary/aromatic N) is 2. The predicted octanol–water partition coefficient (Wildman–Crippen LogP) is 1.35. The van der Waals surface area contributed by atoms with Gasteiger partial charge in [0.1, 0.15) is 0 Å². The molecule has 6 nitrogen and oxygen atoms in total. The standard InChI is InChI=1S/C14H19N3O3/c1-16(10-12-5-3-7-15-12)14(18)9-11-4-2-6-13(8-11)17(19)20/h2,4,6,8,12,15H,3,5,7,9-10H2,1H3. The predicted molar refractivity (Wildman–Crippen MR) is 75.5 cm³/mol. The molecule has 1 atom stereocenters. The Balaban J connectivity index is 1.92. The Bertz CT molecular complexity index is 498. The molecule has 1 fully saturated rings. The van der Waals surface area contributed by atoms with Crippen molar-refractivity contribution in [1.82, 2.24) is 10.2 Å². The number of nitro groups is 1. The van der Waals surface area contributed by atoms with Gasteiger partial charge in [-0.1, -0.05) is 12.1 Å². The van der Waals surface area contributed by atoms with E-state index in [0.717, 1.165) is 19.4 Å². The Hall–Kier alpha value is -1.95. The normalized spacial score (nSPS) is 17.9. The highest BCUT2D eigenvalue weighted by molar-refractivity contribution is 5.78. The van der Waals surface area contributed by atoms with Crippen molar-refractivity contribution >= 4 is 11.6 Å². The van der Waals surface area contributed by atoms with Gasteiger partial charge in [0.15, 0.2) is 0 Å².